The number of alkyl carbamates (subject to hydrolysis) is 1. The quantitative estimate of drug-likeness (QED) is 0.444. The van der Waals surface area contributed by atoms with Gasteiger partial charge in [0, 0.05) is 6.42 Å². The third-order valence-corrected chi connectivity index (χ3v) is 3.66. The molecule has 0 unspecified atom stereocenters. The number of halogens is 1. The molecule has 1 aliphatic rings. The van der Waals surface area contributed by atoms with E-state index in [9.17, 15) is 23.9 Å². The van der Waals surface area contributed by atoms with E-state index in [4.69, 9.17) is 22.1 Å². The molecule has 3 atom stereocenters. The van der Waals surface area contributed by atoms with Crippen LogP contribution in [0.1, 0.15) is 19.6 Å². The zero-order chi connectivity index (χ0) is 19.4. The van der Waals surface area contributed by atoms with E-state index >= 15 is 0 Å². The van der Waals surface area contributed by atoms with E-state index in [0.717, 1.165) is 4.57 Å². The minimum Gasteiger partial charge on any atom is -0.450 e. The molecule has 0 aromatic carbocycles. The number of thiocarbonyl (C=S) groups is 1. The lowest BCUT2D eigenvalue weighted by molar-refractivity contribution is -0.0465. The van der Waals surface area contributed by atoms with E-state index in [1.807, 2.05) is 5.32 Å². The van der Waals surface area contributed by atoms with Crippen molar-refractivity contribution in [2.45, 2.75) is 31.8 Å². The van der Waals surface area contributed by atoms with Crippen molar-refractivity contribution in [1.29, 1.82) is 0 Å². The summed E-state index contributed by atoms with van der Waals surface area (Å²) in [5.41, 5.74) is -0.300. The van der Waals surface area contributed by atoms with Crippen LogP contribution in [0.4, 0.5) is 9.18 Å². The third kappa shape index (κ3) is 4.24. The number of nitrogens with zero attached hydrogens (tertiary/aromatic N) is 2. The highest BCUT2D eigenvalue weighted by Crippen LogP contribution is 2.27. The molecule has 0 bridgehead atoms. The number of aliphatic hydroxyl groups is 2. The molecule has 4 N–H and O–H groups in total. The number of hydrogen-bond donors (Lipinski definition) is 4. The summed E-state index contributed by atoms with van der Waals surface area (Å²) in [5.74, 6) is -1.30. The van der Waals surface area contributed by atoms with Crippen LogP contribution < -0.4 is 22.0 Å². The van der Waals surface area contributed by atoms with Gasteiger partial charge in [0.1, 0.15) is 12.3 Å². The second-order valence-electron chi connectivity index (χ2n) is 5.21. The summed E-state index contributed by atoms with van der Waals surface area (Å²) in [6.45, 7) is 1.12. The van der Waals surface area contributed by atoms with E-state index in [0.29, 0.717) is 6.20 Å². The molecular formula is C13H17FN4O7S. The van der Waals surface area contributed by atoms with Gasteiger partial charge in [0.2, 0.25) is 5.82 Å². The number of aromatic nitrogens is 2. The van der Waals surface area contributed by atoms with Gasteiger partial charge >= 0.3 is 17.3 Å². The Hall–Kier alpha value is -2.35. The standard InChI is InChI=1S/C13H17FN4O7S/c1-2-24-12(22)15-11(26)16-18-10(21)6(14)4-17(13(18)23)9-3-7(20)8(5-19)25-9/h4,7-9,19-20H,2-3,5H2,1H3,(H2,15,16,22,26)/t7-,8+,9+/m0/s1. The van der Waals surface area contributed by atoms with Crippen LogP contribution in [0, 0.1) is 5.82 Å². The van der Waals surface area contributed by atoms with E-state index in [-0.39, 0.29) is 17.7 Å². The fraction of sp³-hybridized carbons (Fsp3) is 0.538. The molecule has 0 saturated carbocycles. The fourth-order valence-electron chi connectivity index (χ4n) is 2.29. The average Bonchev–Trinajstić information content (AvgIpc) is 2.95. The molecular weight excluding hydrogens is 375 g/mol. The molecule has 1 amide bonds. The van der Waals surface area contributed by atoms with Crippen LogP contribution in [0.25, 0.3) is 0 Å². The molecule has 1 aromatic heterocycles. The smallest absolute Gasteiger partial charge is 0.413 e. The lowest BCUT2D eigenvalue weighted by Gasteiger charge is -2.17. The Morgan fingerprint density at radius 1 is 1.54 bits per heavy atom. The van der Waals surface area contributed by atoms with Crippen molar-refractivity contribution < 1.29 is 28.9 Å². The normalized spacial score (nSPS) is 22.1. The summed E-state index contributed by atoms with van der Waals surface area (Å²) in [6.07, 6.45) is -3.53. The SMILES string of the molecule is CCOC(=O)NC(=S)Nn1c(=O)c(F)cn([C@H]2C[C@H](O)[C@@H](CO)O2)c1=O. The highest BCUT2D eigenvalue weighted by molar-refractivity contribution is 7.80. The van der Waals surface area contributed by atoms with Gasteiger partial charge in [-0.3, -0.25) is 20.1 Å². The van der Waals surface area contributed by atoms with Crippen LogP contribution in [0.2, 0.25) is 0 Å². The first kappa shape index (κ1) is 20.0. The predicted molar refractivity (Wildman–Crippen MR) is 88.7 cm³/mol. The summed E-state index contributed by atoms with van der Waals surface area (Å²) in [5, 5.41) is 20.4. The van der Waals surface area contributed by atoms with E-state index in [1.54, 1.807) is 6.92 Å². The Morgan fingerprint density at radius 2 is 2.23 bits per heavy atom. The number of nitrogens with one attached hydrogen (secondary N) is 2. The molecule has 1 aliphatic heterocycles. The molecule has 0 spiro atoms. The minimum absolute atomic E-state index is 0.0640. The molecule has 13 heteroatoms. The lowest BCUT2D eigenvalue weighted by Crippen LogP contribution is -2.51. The topological polar surface area (TPSA) is 144 Å². The van der Waals surface area contributed by atoms with Gasteiger partial charge < -0.3 is 19.7 Å². The predicted octanol–water partition coefficient (Wildman–Crippen LogP) is -1.64. The van der Waals surface area contributed by atoms with Crippen LogP contribution in [0.3, 0.4) is 0 Å². The maximum atomic E-state index is 13.9. The van der Waals surface area contributed by atoms with Gasteiger partial charge in [-0.1, -0.05) is 0 Å². The molecule has 26 heavy (non-hydrogen) atoms. The molecule has 1 aromatic rings. The van der Waals surface area contributed by atoms with Crippen molar-refractivity contribution in [2.75, 3.05) is 18.6 Å². The van der Waals surface area contributed by atoms with Gasteiger partial charge in [0.05, 0.1) is 25.5 Å². The number of aliphatic hydroxyl groups excluding tert-OH is 2. The maximum absolute atomic E-state index is 13.9. The maximum Gasteiger partial charge on any atom is 0.413 e. The highest BCUT2D eigenvalue weighted by atomic mass is 32.1. The van der Waals surface area contributed by atoms with Crippen molar-refractivity contribution in [3.05, 3.63) is 32.9 Å². The Kier molecular flexibility index (Phi) is 6.42. The largest absolute Gasteiger partial charge is 0.450 e. The van der Waals surface area contributed by atoms with E-state index in [2.05, 4.69) is 10.2 Å². The number of hydrogen-bond acceptors (Lipinski definition) is 8. The van der Waals surface area contributed by atoms with Crippen molar-refractivity contribution in [2.24, 2.45) is 0 Å². The van der Waals surface area contributed by atoms with Crippen LogP contribution in [-0.4, -0.2) is 56.1 Å². The van der Waals surface area contributed by atoms with Gasteiger partial charge in [-0.05, 0) is 19.1 Å². The zero-order valence-electron chi connectivity index (χ0n) is 13.5. The van der Waals surface area contributed by atoms with Crippen LogP contribution in [0.15, 0.2) is 15.8 Å². The third-order valence-electron chi connectivity index (χ3n) is 3.47. The summed E-state index contributed by atoms with van der Waals surface area (Å²) in [4.78, 5) is 35.6. The number of carbonyl (C=O) groups is 1. The molecule has 1 saturated heterocycles. The van der Waals surface area contributed by atoms with Crippen LogP contribution in [0.5, 0.6) is 0 Å². The van der Waals surface area contributed by atoms with Crippen LogP contribution in [-0.2, 0) is 9.47 Å². The van der Waals surface area contributed by atoms with Crippen LogP contribution >= 0.6 is 12.2 Å². The fourth-order valence-corrected chi connectivity index (χ4v) is 2.46. The van der Waals surface area contributed by atoms with E-state index < -0.39 is 53.3 Å². The Morgan fingerprint density at radius 3 is 2.81 bits per heavy atom. The van der Waals surface area contributed by atoms with E-state index in [1.165, 1.54) is 0 Å². The highest BCUT2D eigenvalue weighted by Gasteiger charge is 2.35. The van der Waals surface area contributed by atoms with Crippen molar-refractivity contribution in [1.82, 2.24) is 14.6 Å². The first-order valence-corrected chi connectivity index (χ1v) is 7.92. The number of ether oxygens (including phenoxy) is 2. The Bertz CT molecular complexity index is 811. The molecule has 11 nitrogen and oxygen atoms in total. The van der Waals surface area contributed by atoms with Gasteiger partial charge in [0.25, 0.3) is 0 Å². The van der Waals surface area contributed by atoms with Gasteiger partial charge in [-0.15, -0.1) is 0 Å². The molecule has 2 heterocycles. The number of carbonyl (C=O) groups excluding carboxylic acids is 1. The second-order valence-corrected chi connectivity index (χ2v) is 5.62. The van der Waals surface area contributed by atoms with Crippen molar-refractivity contribution in [3.63, 3.8) is 0 Å². The van der Waals surface area contributed by atoms with Crippen molar-refractivity contribution >= 4 is 23.4 Å². The van der Waals surface area contributed by atoms with Gasteiger partial charge in [0.15, 0.2) is 5.11 Å². The molecule has 0 aliphatic carbocycles. The molecule has 1 fully saturated rings. The first-order chi connectivity index (χ1) is 12.3. The average molecular weight is 392 g/mol. The number of rotatable bonds is 4. The molecule has 2 rings (SSSR count). The first-order valence-electron chi connectivity index (χ1n) is 7.51. The zero-order valence-corrected chi connectivity index (χ0v) is 14.4. The Balaban J connectivity index is 2.29. The van der Waals surface area contributed by atoms with Gasteiger partial charge in [-0.2, -0.15) is 9.07 Å². The summed E-state index contributed by atoms with van der Waals surface area (Å²) < 4.78 is 24.8. The molecule has 144 valence electrons. The van der Waals surface area contributed by atoms with Gasteiger partial charge in [-0.25, -0.2) is 9.59 Å². The molecule has 0 radical (unpaired) electrons. The van der Waals surface area contributed by atoms with Crippen molar-refractivity contribution in [3.8, 4) is 0 Å². The minimum atomic E-state index is -1.34. The monoisotopic (exact) mass is 392 g/mol. The second kappa shape index (κ2) is 8.35. The summed E-state index contributed by atoms with van der Waals surface area (Å²) in [6, 6.07) is 0. The summed E-state index contributed by atoms with van der Waals surface area (Å²) >= 11 is 4.77. The Labute approximate surface area is 150 Å². The summed E-state index contributed by atoms with van der Waals surface area (Å²) in [7, 11) is 0. The number of amides is 1. The lowest BCUT2D eigenvalue weighted by atomic mass is 10.2.